The van der Waals surface area contributed by atoms with Crippen LogP contribution in [0, 0.1) is 13.8 Å². The zero-order chi connectivity index (χ0) is 16.6. The molecule has 6 heteroatoms. The van der Waals surface area contributed by atoms with E-state index < -0.39 is 5.97 Å². The maximum absolute atomic E-state index is 12.6. The van der Waals surface area contributed by atoms with Crippen molar-refractivity contribution in [1.82, 2.24) is 0 Å². The molecule has 5 nitrogen and oxygen atoms in total. The summed E-state index contributed by atoms with van der Waals surface area (Å²) in [6.07, 6.45) is 5.68. The van der Waals surface area contributed by atoms with Crippen LogP contribution in [-0.4, -0.2) is 17.0 Å². The normalized spacial score (nSPS) is 13.7. The molecule has 2 aromatic heterocycles. The van der Waals surface area contributed by atoms with Crippen molar-refractivity contribution in [1.29, 1.82) is 0 Å². The Morgan fingerprint density at radius 2 is 2.04 bits per heavy atom. The van der Waals surface area contributed by atoms with E-state index in [4.69, 9.17) is 9.52 Å². The summed E-state index contributed by atoms with van der Waals surface area (Å²) in [4.78, 5) is 24.9. The van der Waals surface area contributed by atoms with Crippen molar-refractivity contribution in [3.63, 3.8) is 0 Å². The summed E-state index contributed by atoms with van der Waals surface area (Å²) in [5.74, 6) is -1.11. The van der Waals surface area contributed by atoms with Crippen LogP contribution in [0.25, 0.3) is 0 Å². The standard InChI is InChI=1S/C17H19NO4S/c1-9-8-22-12(7-14(19)20)15(9)16(21)18-17-10(2)11-5-3-4-6-13(11)23-17/h8H,3-7H2,1-2H3,(H,18,21)(H,19,20). The van der Waals surface area contributed by atoms with Gasteiger partial charge in [-0.25, -0.2) is 0 Å². The van der Waals surface area contributed by atoms with E-state index in [1.165, 1.54) is 29.5 Å². The second-order valence-electron chi connectivity index (χ2n) is 5.91. The number of fused-ring (bicyclic) bond motifs is 1. The summed E-state index contributed by atoms with van der Waals surface area (Å²) < 4.78 is 5.24. The summed E-state index contributed by atoms with van der Waals surface area (Å²) in [7, 11) is 0. The fourth-order valence-electron chi connectivity index (χ4n) is 3.08. The highest BCUT2D eigenvalue weighted by Gasteiger charge is 2.23. The van der Waals surface area contributed by atoms with Crippen LogP contribution in [0.15, 0.2) is 10.7 Å². The molecular weight excluding hydrogens is 314 g/mol. The molecule has 0 fully saturated rings. The van der Waals surface area contributed by atoms with Gasteiger partial charge in [-0.3, -0.25) is 9.59 Å². The van der Waals surface area contributed by atoms with Gasteiger partial charge >= 0.3 is 5.97 Å². The number of nitrogens with one attached hydrogen (secondary N) is 1. The van der Waals surface area contributed by atoms with Gasteiger partial charge < -0.3 is 14.8 Å². The van der Waals surface area contributed by atoms with Crippen molar-refractivity contribution in [2.75, 3.05) is 5.32 Å². The van der Waals surface area contributed by atoms with Gasteiger partial charge in [0.1, 0.15) is 12.2 Å². The van der Waals surface area contributed by atoms with E-state index >= 15 is 0 Å². The van der Waals surface area contributed by atoms with E-state index in [0.717, 1.165) is 23.4 Å². The number of aliphatic carboxylic acids is 1. The van der Waals surface area contributed by atoms with Crippen molar-refractivity contribution in [3.8, 4) is 0 Å². The van der Waals surface area contributed by atoms with Crippen LogP contribution in [0.1, 0.15) is 50.5 Å². The lowest BCUT2D eigenvalue weighted by atomic mass is 9.96. The molecule has 1 amide bonds. The molecular formula is C17H19NO4S. The van der Waals surface area contributed by atoms with Gasteiger partial charge in [0.2, 0.25) is 0 Å². The minimum absolute atomic E-state index is 0.200. The van der Waals surface area contributed by atoms with Crippen LogP contribution < -0.4 is 5.32 Å². The molecule has 0 aliphatic heterocycles. The molecule has 2 aromatic rings. The molecule has 2 heterocycles. The average molecular weight is 333 g/mol. The molecule has 2 N–H and O–H groups in total. The van der Waals surface area contributed by atoms with Crippen LogP contribution in [0.3, 0.4) is 0 Å². The van der Waals surface area contributed by atoms with Gasteiger partial charge in [0.15, 0.2) is 0 Å². The van der Waals surface area contributed by atoms with Crippen LogP contribution >= 0.6 is 11.3 Å². The molecule has 1 aliphatic carbocycles. The van der Waals surface area contributed by atoms with Crippen molar-refractivity contribution in [2.24, 2.45) is 0 Å². The number of carbonyl (C=O) groups excluding carboxylic acids is 1. The summed E-state index contributed by atoms with van der Waals surface area (Å²) in [6.45, 7) is 3.78. The minimum atomic E-state index is -1.02. The van der Waals surface area contributed by atoms with E-state index in [-0.39, 0.29) is 18.1 Å². The van der Waals surface area contributed by atoms with Gasteiger partial charge in [-0.05, 0) is 50.7 Å². The van der Waals surface area contributed by atoms with Crippen molar-refractivity contribution in [3.05, 3.63) is 39.2 Å². The number of carboxylic acid groups (broad SMARTS) is 1. The largest absolute Gasteiger partial charge is 0.481 e. The molecule has 0 aromatic carbocycles. The van der Waals surface area contributed by atoms with Crippen LogP contribution in [-0.2, 0) is 24.1 Å². The Labute approximate surface area is 138 Å². The maximum atomic E-state index is 12.6. The second-order valence-corrected chi connectivity index (χ2v) is 7.01. The molecule has 0 bridgehead atoms. The first-order chi connectivity index (χ1) is 11.0. The number of aryl methyl sites for hydroxylation is 2. The number of carbonyl (C=O) groups is 2. The van der Waals surface area contributed by atoms with Gasteiger partial charge in [0, 0.05) is 10.4 Å². The highest BCUT2D eigenvalue weighted by Crippen LogP contribution is 2.37. The highest BCUT2D eigenvalue weighted by molar-refractivity contribution is 7.16. The average Bonchev–Trinajstić information content (AvgIpc) is 3.00. The molecule has 0 radical (unpaired) electrons. The maximum Gasteiger partial charge on any atom is 0.311 e. The Hall–Kier alpha value is -2.08. The number of rotatable bonds is 4. The summed E-state index contributed by atoms with van der Waals surface area (Å²) >= 11 is 1.63. The zero-order valence-corrected chi connectivity index (χ0v) is 14.0. The molecule has 3 rings (SSSR count). The summed E-state index contributed by atoms with van der Waals surface area (Å²) in [5, 5.41) is 12.8. The molecule has 1 aliphatic rings. The molecule has 122 valence electrons. The Morgan fingerprint density at radius 1 is 1.30 bits per heavy atom. The first-order valence-electron chi connectivity index (χ1n) is 7.68. The number of hydrogen-bond donors (Lipinski definition) is 2. The SMILES string of the molecule is Cc1coc(CC(=O)O)c1C(=O)Nc1sc2c(c1C)CCCC2. The summed E-state index contributed by atoms with van der Waals surface area (Å²) in [5.41, 5.74) is 3.49. The lowest BCUT2D eigenvalue weighted by Crippen LogP contribution is -2.15. The van der Waals surface area contributed by atoms with Crippen LogP contribution in [0.2, 0.25) is 0 Å². The Balaban J connectivity index is 1.87. The molecule has 0 saturated carbocycles. The van der Waals surface area contributed by atoms with E-state index in [1.807, 2.05) is 6.92 Å². The third kappa shape index (κ3) is 3.03. The number of furan rings is 1. The number of carboxylic acids is 1. The molecule has 0 unspecified atom stereocenters. The predicted molar refractivity (Wildman–Crippen MR) is 88.4 cm³/mol. The molecule has 23 heavy (non-hydrogen) atoms. The second kappa shape index (κ2) is 6.20. The van der Waals surface area contributed by atoms with Gasteiger partial charge in [-0.1, -0.05) is 0 Å². The highest BCUT2D eigenvalue weighted by atomic mass is 32.1. The first kappa shape index (κ1) is 15.8. The Morgan fingerprint density at radius 3 is 2.74 bits per heavy atom. The van der Waals surface area contributed by atoms with Crippen molar-refractivity contribution in [2.45, 2.75) is 46.0 Å². The van der Waals surface area contributed by atoms with Gasteiger partial charge in [0.05, 0.1) is 16.8 Å². The summed E-state index contributed by atoms with van der Waals surface area (Å²) in [6, 6.07) is 0. The smallest absolute Gasteiger partial charge is 0.311 e. The van der Waals surface area contributed by atoms with E-state index in [1.54, 1.807) is 18.3 Å². The minimum Gasteiger partial charge on any atom is -0.481 e. The topological polar surface area (TPSA) is 79.5 Å². The molecule has 0 spiro atoms. The third-order valence-corrected chi connectivity index (χ3v) is 5.56. The number of anilines is 1. The lowest BCUT2D eigenvalue weighted by Gasteiger charge is -2.10. The molecule has 0 atom stereocenters. The Kier molecular flexibility index (Phi) is 4.26. The predicted octanol–water partition coefficient (Wildman–Crippen LogP) is 3.72. The van der Waals surface area contributed by atoms with E-state index in [0.29, 0.717) is 11.1 Å². The fraction of sp³-hybridized carbons (Fsp3) is 0.412. The zero-order valence-electron chi connectivity index (χ0n) is 13.2. The van der Waals surface area contributed by atoms with Crippen molar-refractivity contribution >= 4 is 28.2 Å². The number of thiophene rings is 1. The molecule has 0 saturated heterocycles. The van der Waals surface area contributed by atoms with Gasteiger partial charge in [0.25, 0.3) is 5.91 Å². The van der Waals surface area contributed by atoms with Crippen LogP contribution in [0.4, 0.5) is 5.00 Å². The fourth-order valence-corrected chi connectivity index (χ4v) is 4.37. The monoisotopic (exact) mass is 333 g/mol. The number of amides is 1. The third-order valence-electron chi connectivity index (χ3n) is 4.25. The van der Waals surface area contributed by atoms with E-state index in [9.17, 15) is 9.59 Å². The number of hydrogen-bond acceptors (Lipinski definition) is 4. The van der Waals surface area contributed by atoms with Gasteiger partial charge in [-0.15, -0.1) is 11.3 Å². The van der Waals surface area contributed by atoms with Crippen molar-refractivity contribution < 1.29 is 19.1 Å². The Bertz CT molecular complexity index is 772. The van der Waals surface area contributed by atoms with Crippen LogP contribution in [0.5, 0.6) is 0 Å². The van der Waals surface area contributed by atoms with Gasteiger partial charge in [-0.2, -0.15) is 0 Å². The first-order valence-corrected chi connectivity index (χ1v) is 8.50. The van der Waals surface area contributed by atoms with E-state index in [2.05, 4.69) is 5.32 Å². The quantitative estimate of drug-likeness (QED) is 0.894. The lowest BCUT2D eigenvalue weighted by molar-refractivity contribution is -0.136.